The normalized spacial score (nSPS) is 16.5. The lowest BCUT2D eigenvalue weighted by molar-refractivity contribution is -0.140. The van der Waals surface area contributed by atoms with Crippen LogP contribution in [0.15, 0.2) is 30.5 Å². The maximum atomic E-state index is 13.1. The van der Waals surface area contributed by atoms with Gasteiger partial charge in [0.2, 0.25) is 0 Å². The molecule has 0 amide bonds. The van der Waals surface area contributed by atoms with E-state index < -0.39 is 11.4 Å². The Labute approximate surface area is 102 Å². The van der Waals surface area contributed by atoms with Crippen LogP contribution in [0.2, 0.25) is 0 Å². The van der Waals surface area contributed by atoms with Gasteiger partial charge in [0.15, 0.2) is 0 Å². The third kappa shape index (κ3) is 1.59. The molecule has 1 saturated carbocycles. The molecule has 0 atom stereocenters. The number of hydrogen-bond acceptors (Lipinski definition) is 2. The van der Waals surface area contributed by atoms with Gasteiger partial charge in [-0.2, -0.15) is 0 Å². The van der Waals surface area contributed by atoms with E-state index in [1.54, 1.807) is 18.3 Å². The molecule has 0 bridgehead atoms. The summed E-state index contributed by atoms with van der Waals surface area (Å²) in [6, 6.07) is 6.11. The predicted octanol–water partition coefficient (Wildman–Crippen LogP) is 2.33. The first-order chi connectivity index (χ1) is 8.62. The van der Waals surface area contributed by atoms with E-state index in [1.165, 1.54) is 12.1 Å². The first kappa shape index (κ1) is 11.0. The zero-order valence-electron chi connectivity index (χ0n) is 9.48. The van der Waals surface area contributed by atoms with Crippen molar-refractivity contribution >= 4 is 5.97 Å². The van der Waals surface area contributed by atoms with E-state index in [0.29, 0.717) is 29.9 Å². The number of rotatable bonds is 3. The Bertz CT molecular complexity index is 617. The van der Waals surface area contributed by atoms with Crippen molar-refractivity contribution in [2.24, 2.45) is 0 Å². The van der Waals surface area contributed by atoms with E-state index in [0.717, 1.165) is 0 Å². The van der Waals surface area contributed by atoms with Crippen LogP contribution < -0.4 is 0 Å². The Morgan fingerprint density at radius 3 is 2.83 bits per heavy atom. The molecule has 92 valence electrons. The number of nitrogens with zero attached hydrogens (tertiary/aromatic N) is 1. The van der Waals surface area contributed by atoms with Crippen LogP contribution in [0.1, 0.15) is 18.7 Å². The van der Waals surface area contributed by atoms with Gasteiger partial charge in [-0.1, -0.05) is 12.1 Å². The Morgan fingerprint density at radius 1 is 1.44 bits per heavy atom. The summed E-state index contributed by atoms with van der Waals surface area (Å²) in [5.74, 6) is -0.736. The quantitative estimate of drug-likeness (QED) is 0.873. The Balaban J connectivity index is 1.98. The van der Waals surface area contributed by atoms with E-state index >= 15 is 0 Å². The number of hydrogen-bond donors (Lipinski definition) is 2. The van der Waals surface area contributed by atoms with Crippen LogP contribution in [0.25, 0.3) is 11.3 Å². The van der Waals surface area contributed by atoms with E-state index in [9.17, 15) is 9.18 Å². The summed E-state index contributed by atoms with van der Waals surface area (Å²) in [6.45, 7) is 0. The summed E-state index contributed by atoms with van der Waals surface area (Å²) < 4.78 is 13.1. The van der Waals surface area contributed by atoms with Crippen molar-refractivity contribution < 1.29 is 14.3 Å². The summed E-state index contributed by atoms with van der Waals surface area (Å²) in [5, 5.41) is 9.16. The Morgan fingerprint density at radius 2 is 2.22 bits per heavy atom. The molecule has 18 heavy (non-hydrogen) atoms. The molecular formula is C13H11FN2O2. The lowest BCUT2D eigenvalue weighted by Crippen LogP contribution is -2.20. The molecule has 1 aromatic heterocycles. The number of H-pyrrole nitrogens is 1. The fourth-order valence-electron chi connectivity index (χ4n) is 2.04. The number of carbonyl (C=O) groups is 1. The highest BCUT2D eigenvalue weighted by molar-refractivity contribution is 5.83. The highest BCUT2D eigenvalue weighted by Crippen LogP contribution is 2.47. The smallest absolute Gasteiger partial charge is 0.317 e. The zero-order chi connectivity index (χ0) is 12.8. The van der Waals surface area contributed by atoms with Crippen molar-refractivity contribution in [3.05, 3.63) is 42.1 Å². The van der Waals surface area contributed by atoms with Crippen LogP contribution >= 0.6 is 0 Å². The summed E-state index contributed by atoms with van der Waals surface area (Å²) in [7, 11) is 0. The third-order valence-corrected chi connectivity index (χ3v) is 3.32. The van der Waals surface area contributed by atoms with Crippen LogP contribution in [0, 0.1) is 5.82 Å². The minimum Gasteiger partial charge on any atom is -0.480 e. The topological polar surface area (TPSA) is 66.0 Å². The van der Waals surface area contributed by atoms with Crippen molar-refractivity contribution in [1.29, 1.82) is 0 Å². The number of halogens is 1. The van der Waals surface area contributed by atoms with Crippen molar-refractivity contribution in [3.8, 4) is 11.3 Å². The van der Waals surface area contributed by atoms with Gasteiger partial charge in [-0.15, -0.1) is 0 Å². The fourth-order valence-corrected chi connectivity index (χ4v) is 2.04. The molecule has 0 aliphatic heterocycles. The second-order valence-electron chi connectivity index (χ2n) is 4.54. The van der Waals surface area contributed by atoms with Gasteiger partial charge in [0.1, 0.15) is 17.1 Å². The lowest BCUT2D eigenvalue weighted by atomic mass is 10.1. The van der Waals surface area contributed by atoms with E-state index in [-0.39, 0.29) is 5.82 Å². The van der Waals surface area contributed by atoms with E-state index in [2.05, 4.69) is 9.97 Å². The highest BCUT2D eigenvalue weighted by Gasteiger charge is 2.54. The number of aromatic nitrogens is 2. The molecule has 2 aromatic rings. The molecule has 1 heterocycles. The van der Waals surface area contributed by atoms with Gasteiger partial charge in [0, 0.05) is 5.56 Å². The third-order valence-electron chi connectivity index (χ3n) is 3.32. The molecule has 0 spiro atoms. The summed E-state index contributed by atoms with van der Waals surface area (Å²) in [5.41, 5.74) is 0.443. The lowest BCUT2D eigenvalue weighted by Gasteiger charge is -2.05. The number of aromatic amines is 1. The van der Waals surface area contributed by atoms with Crippen LogP contribution in [-0.4, -0.2) is 21.0 Å². The van der Waals surface area contributed by atoms with Crippen molar-refractivity contribution in [2.75, 3.05) is 0 Å². The van der Waals surface area contributed by atoms with Crippen molar-refractivity contribution in [2.45, 2.75) is 18.3 Å². The van der Waals surface area contributed by atoms with Gasteiger partial charge in [-0.05, 0) is 25.0 Å². The molecule has 3 rings (SSSR count). The number of carboxylic acid groups (broad SMARTS) is 1. The largest absolute Gasteiger partial charge is 0.480 e. The number of carboxylic acids is 1. The number of nitrogens with one attached hydrogen (secondary N) is 1. The second kappa shape index (κ2) is 3.66. The Kier molecular flexibility index (Phi) is 2.23. The molecule has 2 N–H and O–H groups in total. The summed E-state index contributed by atoms with van der Waals surface area (Å²) >= 11 is 0. The maximum Gasteiger partial charge on any atom is 0.317 e. The van der Waals surface area contributed by atoms with Gasteiger partial charge in [0.25, 0.3) is 0 Å². The van der Waals surface area contributed by atoms with Gasteiger partial charge in [-0.3, -0.25) is 4.79 Å². The number of aliphatic carboxylic acids is 1. The average molecular weight is 246 g/mol. The number of imidazole rings is 1. The van der Waals surface area contributed by atoms with Crippen LogP contribution in [-0.2, 0) is 10.2 Å². The van der Waals surface area contributed by atoms with E-state index in [4.69, 9.17) is 5.11 Å². The molecule has 1 fully saturated rings. The van der Waals surface area contributed by atoms with Crippen molar-refractivity contribution in [3.63, 3.8) is 0 Å². The second-order valence-corrected chi connectivity index (χ2v) is 4.54. The van der Waals surface area contributed by atoms with Gasteiger partial charge in [-0.25, -0.2) is 9.37 Å². The Hall–Kier alpha value is -2.17. The molecule has 5 heteroatoms. The van der Waals surface area contributed by atoms with Crippen LogP contribution in [0.3, 0.4) is 0 Å². The minimum atomic E-state index is -0.859. The fraction of sp³-hybridized carbons (Fsp3) is 0.231. The molecule has 4 nitrogen and oxygen atoms in total. The van der Waals surface area contributed by atoms with Gasteiger partial charge < -0.3 is 10.1 Å². The molecule has 0 saturated heterocycles. The minimum absolute atomic E-state index is 0.331. The molecule has 1 aliphatic rings. The van der Waals surface area contributed by atoms with Gasteiger partial charge in [0.05, 0.1) is 11.9 Å². The monoisotopic (exact) mass is 246 g/mol. The molecular weight excluding hydrogens is 235 g/mol. The summed E-state index contributed by atoms with van der Waals surface area (Å²) in [4.78, 5) is 18.3. The predicted molar refractivity (Wildman–Crippen MR) is 62.5 cm³/mol. The standard InChI is InChI=1S/C13H11FN2O2/c14-9-3-1-2-8(6-9)10-7-15-11(16-10)13(4-5-13)12(17)18/h1-3,6-7H,4-5H2,(H,15,16)(H,17,18). The number of benzene rings is 1. The van der Waals surface area contributed by atoms with Crippen LogP contribution in [0.4, 0.5) is 4.39 Å². The average Bonchev–Trinajstić information content (AvgIpc) is 3.01. The van der Waals surface area contributed by atoms with Crippen molar-refractivity contribution in [1.82, 2.24) is 9.97 Å². The van der Waals surface area contributed by atoms with Crippen LogP contribution in [0.5, 0.6) is 0 Å². The SMILES string of the molecule is O=C(O)C1(c2ncc(-c3cccc(F)c3)[nH]2)CC1. The molecule has 0 radical (unpaired) electrons. The first-order valence-electron chi connectivity index (χ1n) is 5.67. The molecule has 1 aliphatic carbocycles. The summed E-state index contributed by atoms with van der Waals surface area (Å²) in [6.07, 6.45) is 2.74. The molecule has 1 aromatic carbocycles. The van der Waals surface area contributed by atoms with Gasteiger partial charge >= 0.3 is 5.97 Å². The zero-order valence-corrected chi connectivity index (χ0v) is 9.48. The highest BCUT2D eigenvalue weighted by atomic mass is 19.1. The maximum absolute atomic E-state index is 13.1. The first-order valence-corrected chi connectivity index (χ1v) is 5.67. The molecule has 0 unspecified atom stereocenters. The van der Waals surface area contributed by atoms with E-state index in [1.807, 2.05) is 0 Å².